The number of nitrogens with two attached hydrogens (primary N) is 1. The number of nitrogens with zero attached hydrogens (tertiary/aromatic N) is 3. The molecule has 3 aromatic carbocycles. The average molecular weight is 568 g/mol. The van der Waals surface area contributed by atoms with Crippen molar-refractivity contribution >= 4 is 33.1 Å². The molecule has 0 radical (unpaired) electrons. The topological polar surface area (TPSA) is 128 Å². The summed E-state index contributed by atoms with van der Waals surface area (Å²) < 4.78 is 34.5. The van der Waals surface area contributed by atoms with Crippen molar-refractivity contribution in [1.29, 1.82) is 0 Å². The maximum atomic E-state index is 13.7. The van der Waals surface area contributed by atoms with Gasteiger partial charge in [0.1, 0.15) is 16.3 Å². The number of carboxylic acids is 1. The number of ether oxygens (including phenoxy) is 1. The zero-order valence-corrected chi connectivity index (χ0v) is 24.3. The van der Waals surface area contributed by atoms with Crippen molar-refractivity contribution in [2.24, 2.45) is 0 Å². The number of hydrazine groups is 1. The van der Waals surface area contributed by atoms with E-state index in [1.807, 2.05) is 56.3 Å². The lowest BCUT2D eigenvalue weighted by Crippen LogP contribution is -2.33. The van der Waals surface area contributed by atoms with Crippen LogP contribution in [0.2, 0.25) is 0 Å². The van der Waals surface area contributed by atoms with E-state index in [2.05, 4.69) is 5.43 Å². The van der Waals surface area contributed by atoms with Crippen LogP contribution in [0.4, 0.5) is 17.1 Å². The van der Waals surface area contributed by atoms with Crippen molar-refractivity contribution in [1.82, 2.24) is 9.73 Å². The van der Waals surface area contributed by atoms with Gasteiger partial charge in [-0.3, -0.25) is 4.79 Å². The molecule has 0 bridgehead atoms. The standard InChI is InChI=1S/C29H37N5O5S/c1-19-10-11-20(23(17-28(35)36)21-15-24(30)29(33(4)31-2)26(16-21)39-5)14-22(19)18-34-13-12-32(3)25-8-6-7-9-27(25)40(34,37)38/h6-11,14-16,23,31H,12-13,17-18,30H2,1-5H3,(H,35,36). The van der Waals surface area contributed by atoms with Gasteiger partial charge in [-0.1, -0.05) is 30.3 Å². The van der Waals surface area contributed by atoms with E-state index in [0.29, 0.717) is 41.5 Å². The van der Waals surface area contributed by atoms with Crippen LogP contribution in [-0.2, 0) is 21.4 Å². The number of aliphatic carboxylic acids is 1. The van der Waals surface area contributed by atoms with Crippen LogP contribution in [0.1, 0.15) is 34.6 Å². The Labute approximate surface area is 236 Å². The Kier molecular flexibility index (Phi) is 8.57. The number of carbonyl (C=O) groups is 1. The second-order valence-electron chi connectivity index (χ2n) is 10.0. The predicted octanol–water partition coefficient (Wildman–Crippen LogP) is 3.40. The van der Waals surface area contributed by atoms with Crippen molar-refractivity contribution < 1.29 is 23.1 Å². The van der Waals surface area contributed by atoms with Crippen LogP contribution in [0.15, 0.2) is 59.5 Å². The highest BCUT2D eigenvalue weighted by molar-refractivity contribution is 7.89. The van der Waals surface area contributed by atoms with E-state index in [-0.39, 0.29) is 17.9 Å². The highest BCUT2D eigenvalue weighted by atomic mass is 32.2. The molecule has 0 saturated heterocycles. The first-order valence-corrected chi connectivity index (χ1v) is 14.4. The largest absolute Gasteiger partial charge is 0.494 e. The van der Waals surface area contributed by atoms with Gasteiger partial charge in [0, 0.05) is 46.7 Å². The highest BCUT2D eigenvalue weighted by Crippen LogP contribution is 2.40. The van der Waals surface area contributed by atoms with E-state index in [1.165, 1.54) is 4.31 Å². The maximum Gasteiger partial charge on any atom is 0.304 e. The molecule has 3 aromatic rings. The van der Waals surface area contributed by atoms with Crippen molar-refractivity contribution in [2.45, 2.75) is 30.7 Å². The number of carboxylic acid groups (broad SMARTS) is 1. The third-order valence-corrected chi connectivity index (χ3v) is 9.39. The SMILES string of the molecule is CNN(C)c1c(N)cc(C(CC(=O)O)c2ccc(C)c(CN3CCN(C)c4ccccc4S3(=O)=O)c2)cc1OC. The number of anilines is 3. The van der Waals surface area contributed by atoms with Gasteiger partial charge in [-0.25, -0.2) is 13.8 Å². The number of nitrogens with one attached hydrogen (secondary N) is 1. The highest BCUT2D eigenvalue weighted by Gasteiger charge is 2.32. The summed E-state index contributed by atoms with van der Waals surface area (Å²) in [5.74, 6) is -0.988. The molecule has 0 aliphatic carbocycles. The number of sulfonamides is 1. The summed E-state index contributed by atoms with van der Waals surface area (Å²) in [6, 6.07) is 16.3. The molecule has 1 heterocycles. The Bertz CT molecular complexity index is 1510. The number of benzene rings is 3. The first-order chi connectivity index (χ1) is 19.0. The molecule has 40 heavy (non-hydrogen) atoms. The summed E-state index contributed by atoms with van der Waals surface area (Å²) in [6.45, 7) is 2.97. The first kappa shape index (κ1) is 29.2. The van der Waals surface area contributed by atoms with Crippen LogP contribution in [-0.4, -0.2) is 65.1 Å². The lowest BCUT2D eigenvalue weighted by atomic mass is 9.86. The molecule has 4 rings (SSSR count). The third kappa shape index (κ3) is 5.72. The molecule has 0 aromatic heterocycles. The van der Waals surface area contributed by atoms with Gasteiger partial charge in [-0.15, -0.1) is 0 Å². The molecule has 0 fully saturated rings. The lowest BCUT2D eigenvalue weighted by Gasteiger charge is -2.26. The summed E-state index contributed by atoms with van der Waals surface area (Å²) in [5.41, 5.74) is 14.3. The van der Waals surface area contributed by atoms with Crippen LogP contribution in [0.5, 0.6) is 5.75 Å². The Morgan fingerprint density at radius 2 is 1.88 bits per heavy atom. The molecule has 4 N–H and O–H groups in total. The first-order valence-electron chi connectivity index (χ1n) is 13.0. The van der Waals surface area contributed by atoms with Gasteiger partial charge in [-0.2, -0.15) is 4.31 Å². The number of nitrogen functional groups attached to an aromatic ring is 1. The fraction of sp³-hybridized carbons (Fsp3) is 0.345. The average Bonchev–Trinajstić information content (AvgIpc) is 3.02. The molecule has 0 saturated carbocycles. The normalized spacial score (nSPS) is 15.7. The summed E-state index contributed by atoms with van der Waals surface area (Å²) in [4.78, 5) is 14.2. The van der Waals surface area contributed by atoms with E-state index < -0.39 is 21.9 Å². The molecule has 1 atom stereocenters. The summed E-state index contributed by atoms with van der Waals surface area (Å²) in [5, 5.41) is 11.5. The second-order valence-corrected chi connectivity index (χ2v) is 11.9. The number of aryl methyl sites for hydroxylation is 1. The second kappa shape index (κ2) is 11.7. The van der Waals surface area contributed by atoms with Crippen LogP contribution in [0.25, 0.3) is 0 Å². The number of rotatable bonds is 9. The summed E-state index contributed by atoms with van der Waals surface area (Å²) >= 11 is 0. The molecule has 0 spiro atoms. The minimum atomic E-state index is -3.75. The number of para-hydroxylation sites is 1. The molecular weight excluding hydrogens is 530 g/mol. The van der Waals surface area contributed by atoms with Crippen LogP contribution >= 0.6 is 0 Å². The molecule has 0 amide bonds. The molecule has 10 nitrogen and oxygen atoms in total. The Balaban J connectivity index is 1.75. The number of likely N-dealkylation sites (N-methyl/N-ethyl adjacent to an activating group) is 1. The smallest absolute Gasteiger partial charge is 0.304 e. The minimum Gasteiger partial charge on any atom is -0.494 e. The van der Waals surface area contributed by atoms with Crippen LogP contribution in [0, 0.1) is 6.92 Å². The van der Waals surface area contributed by atoms with Gasteiger partial charge in [0.25, 0.3) is 0 Å². The zero-order chi connectivity index (χ0) is 29.2. The van der Waals surface area contributed by atoms with Crippen molar-refractivity contribution in [3.05, 3.63) is 76.9 Å². The van der Waals surface area contributed by atoms with Gasteiger partial charge in [0.05, 0.1) is 24.9 Å². The van der Waals surface area contributed by atoms with Gasteiger partial charge in [0.15, 0.2) is 0 Å². The Morgan fingerprint density at radius 1 is 1.15 bits per heavy atom. The van der Waals surface area contributed by atoms with E-state index in [4.69, 9.17) is 10.5 Å². The van der Waals surface area contributed by atoms with E-state index in [1.54, 1.807) is 43.4 Å². The van der Waals surface area contributed by atoms with Gasteiger partial charge < -0.3 is 25.5 Å². The van der Waals surface area contributed by atoms with Crippen LogP contribution < -0.4 is 25.8 Å². The fourth-order valence-corrected chi connectivity index (χ4v) is 6.79. The molecule has 1 unspecified atom stereocenters. The third-order valence-electron chi connectivity index (χ3n) is 7.50. The number of hydrogen-bond acceptors (Lipinski definition) is 8. The number of fused-ring (bicyclic) bond motifs is 1. The van der Waals surface area contributed by atoms with Crippen LogP contribution in [0.3, 0.4) is 0 Å². The summed E-state index contributed by atoms with van der Waals surface area (Å²) in [6.07, 6.45) is -0.174. The van der Waals surface area contributed by atoms with E-state index in [9.17, 15) is 18.3 Å². The minimum absolute atomic E-state index is 0.168. The van der Waals surface area contributed by atoms with E-state index >= 15 is 0 Å². The molecule has 11 heteroatoms. The Hall–Kier alpha value is -3.80. The monoisotopic (exact) mass is 567 g/mol. The molecule has 214 valence electrons. The zero-order valence-electron chi connectivity index (χ0n) is 23.5. The fourth-order valence-electron chi connectivity index (χ4n) is 5.15. The quantitative estimate of drug-likeness (QED) is 0.263. The summed E-state index contributed by atoms with van der Waals surface area (Å²) in [7, 11) is 3.25. The van der Waals surface area contributed by atoms with Gasteiger partial charge in [-0.05, 0) is 53.4 Å². The van der Waals surface area contributed by atoms with E-state index in [0.717, 1.165) is 16.7 Å². The van der Waals surface area contributed by atoms with Crippen molar-refractivity contribution in [3.8, 4) is 5.75 Å². The van der Waals surface area contributed by atoms with Crippen molar-refractivity contribution in [2.75, 3.05) is 57.0 Å². The maximum absolute atomic E-state index is 13.7. The van der Waals surface area contributed by atoms with Crippen molar-refractivity contribution in [3.63, 3.8) is 0 Å². The Morgan fingerprint density at radius 3 is 2.55 bits per heavy atom. The lowest BCUT2D eigenvalue weighted by molar-refractivity contribution is -0.137. The molecular formula is C29H37N5O5S. The molecule has 1 aliphatic rings. The number of hydrogen-bond donors (Lipinski definition) is 3. The molecule has 1 aliphatic heterocycles. The predicted molar refractivity (Wildman–Crippen MR) is 157 cm³/mol. The van der Waals surface area contributed by atoms with Gasteiger partial charge in [0.2, 0.25) is 10.0 Å². The number of methoxy groups -OCH3 is 1. The van der Waals surface area contributed by atoms with Gasteiger partial charge >= 0.3 is 5.97 Å².